The van der Waals surface area contributed by atoms with Crippen molar-refractivity contribution in [2.75, 3.05) is 6.54 Å². The maximum Gasteiger partial charge on any atom is 0.283 e. The normalized spacial score (nSPS) is 19.0. The van der Waals surface area contributed by atoms with Gasteiger partial charge in [-0.05, 0) is 32.5 Å². The van der Waals surface area contributed by atoms with Crippen molar-refractivity contribution in [1.29, 1.82) is 5.41 Å². The van der Waals surface area contributed by atoms with Crippen LogP contribution in [0.4, 0.5) is 0 Å². The monoisotopic (exact) mass is 255 g/mol. The van der Waals surface area contributed by atoms with Gasteiger partial charge in [0.15, 0.2) is 10.8 Å². The van der Waals surface area contributed by atoms with Crippen molar-refractivity contribution < 1.29 is 9.59 Å². The Morgan fingerprint density at radius 2 is 1.88 bits per heavy atom. The number of rotatable bonds is 4. The number of nitrogens with one attached hydrogen (secondary N) is 1. The molecule has 2 amide bonds. The largest absolute Gasteiger partial charge is 0.291 e. The van der Waals surface area contributed by atoms with Gasteiger partial charge < -0.3 is 0 Å². The topological polar surface area (TPSA) is 64.5 Å². The van der Waals surface area contributed by atoms with E-state index in [2.05, 4.69) is 0 Å². The zero-order chi connectivity index (χ0) is 13.2. The van der Waals surface area contributed by atoms with E-state index in [0.717, 1.165) is 12.8 Å². The molecule has 1 fully saturated rings. The van der Waals surface area contributed by atoms with Crippen molar-refractivity contribution in [2.24, 2.45) is 0 Å². The molecular formula is C11H17N3O2S. The Labute approximate surface area is 106 Å². The predicted molar refractivity (Wildman–Crippen MR) is 68.9 cm³/mol. The summed E-state index contributed by atoms with van der Waals surface area (Å²) in [6, 6.07) is -0.0810. The minimum Gasteiger partial charge on any atom is -0.291 e. The van der Waals surface area contributed by atoms with Crippen LogP contribution in [0.3, 0.4) is 0 Å². The van der Waals surface area contributed by atoms with E-state index in [-0.39, 0.29) is 11.2 Å². The van der Waals surface area contributed by atoms with Crippen molar-refractivity contribution >= 4 is 34.9 Å². The molecule has 0 saturated carbocycles. The third-order valence-electron chi connectivity index (χ3n) is 2.79. The van der Waals surface area contributed by atoms with Gasteiger partial charge in [-0.1, -0.05) is 13.3 Å². The molecule has 1 aliphatic heterocycles. The Bertz CT molecular complexity index is 381. The van der Waals surface area contributed by atoms with E-state index in [4.69, 9.17) is 17.6 Å². The first-order valence-electron chi connectivity index (χ1n) is 5.73. The SMILES string of the molecule is CCCC(C)N1C(=O)C(=N)C(=O)N(CC)C1=S. The standard InChI is InChI=1S/C11H17N3O2S/c1-4-6-7(3)14-10(16)8(12)9(15)13(5-2)11(14)17/h7,12H,4-6H2,1-3H3. The lowest BCUT2D eigenvalue weighted by molar-refractivity contribution is -0.129. The van der Waals surface area contributed by atoms with E-state index in [1.807, 2.05) is 13.8 Å². The first kappa shape index (κ1) is 13.8. The summed E-state index contributed by atoms with van der Waals surface area (Å²) in [4.78, 5) is 26.2. The fourth-order valence-electron chi connectivity index (χ4n) is 1.87. The molecule has 0 aromatic heterocycles. The minimum absolute atomic E-state index is 0.0810. The van der Waals surface area contributed by atoms with Crippen LogP contribution in [0.5, 0.6) is 0 Å². The van der Waals surface area contributed by atoms with E-state index in [1.165, 1.54) is 9.80 Å². The second kappa shape index (κ2) is 5.35. The zero-order valence-corrected chi connectivity index (χ0v) is 11.1. The van der Waals surface area contributed by atoms with Crippen molar-refractivity contribution in [3.8, 4) is 0 Å². The molecule has 1 N–H and O–H groups in total. The molecule has 1 heterocycles. The quantitative estimate of drug-likeness (QED) is 0.767. The molecule has 1 aliphatic rings. The Morgan fingerprint density at radius 3 is 2.35 bits per heavy atom. The third kappa shape index (κ3) is 2.36. The molecule has 5 nitrogen and oxygen atoms in total. The molecule has 1 saturated heterocycles. The average Bonchev–Trinajstić information content (AvgIpc) is 2.27. The molecule has 0 aromatic carbocycles. The smallest absolute Gasteiger partial charge is 0.283 e. The highest BCUT2D eigenvalue weighted by Gasteiger charge is 2.40. The van der Waals surface area contributed by atoms with Gasteiger partial charge in [-0.3, -0.25) is 24.8 Å². The Kier molecular flexibility index (Phi) is 4.34. The highest BCUT2D eigenvalue weighted by atomic mass is 32.1. The lowest BCUT2D eigenvalue weighted by Crippen LogP contribution is -2.62. The molecule has 1 unspecified atom stereocenters. The highest BCUT2D eigenvalue weighted by Crippen LogP contribution is 2.16. The summed E-state index contributed by atoms with van der Waals surface area (Å²) in [5, 5.41) is 7.76. The number of thiocarbonyl (C=S) groups is 1. The summed E-state index contributed by atoms with van der Waals surface area (Å²) in [5.41, 5.74) is -0.497. The van der Waals surface area contributed by atoms with Crippen LogP contribution in [0.25, 0.3) is 0 Å². The second-order valence-electron chi connectivity index (χ2n) is 4.02. The molecule has 0 aromatic rings. The van der Waals surface area contributed by atoms with Crippen molar-refractivity contribution in [3.63, 3.8) is 0 Å². The summed E-state index contributed by atoms with van der Waals surface area (Å²) in [6.07, 6.45) is 1.71. The molecule has 94 valence electrons. The summed E-state index contributed by atoms with van der Waals surface area (Å²) in [6.45, 7) is 6.05. The fraction of sp³-hybridized carbons (Fsp3) is 0.636. The fourth-order valence-corrected chi connectivity index (χ4v) is 2.34. The third-order valence-corrected chi connectivity index (χ3v) is 3.21. The summed E-state index contributed by atoms with van der Waals surface area (Å²) in [5.74, 6) is -1.17. The summed E-state index contributed by atoms with van der Waals surface area (Å²) >= 11 is 5.16. The van der Waals surface area contributed by atoms with Crippen LogP contribution in [0, 0.1) is 5.41 Å². The van der Waals surface area contributed by atoms with E-state index < -0.39 is 17.5 Å². The van der Waals surface area contributed by atoms with Gasteiger partial charge in [-0.25, -0.2) is 0 Å². The first-order chi connectivity index (χ1) is 7.95. The van der Waals surface area contributed by atoms with E-state index in [9.17, 15) is 9.59 Å². The first-order valence-corrected chi connectivity index (χ1v) is 6.14. The lowest BCUT2D eigenvalue weighted by Gasteiger charge is -2.38. The highest BCUT2D eigenvalue weighted by molar-refractivity contribution is 7.80. The van der Waals surface area contributed by atoms with Gasteiger partial charge in [0.2, 0.25) is 0 Å². The number of hydrogen-bond acceptors (Lipinski definition) is 4. The van der Waals surface area contributed by atoms with Crippen LogP contribution in [0.15, 0.2) is 0 Å². The van der Waals surface area contributed by atoms with E-state index in [0.29, 0.717) is 6.54 Å². The number of amides is 2. The number of hydrogen-bond donors (Lipinski definition) is 1. The van der Waals surface area contributed by atoms with Crippen LogP contribution >= 0.6 is 12.2 Å². The van der Waals surface area contributed by atoms with Gasteiger partial charge in [0, 0.05) is 12.6 Å². The molecule has 1 atom stereocenters. The summed E-state index contributed by atoms with van der Waals surface area (Å²) < 4.78 is 0. The van der Waals surface area contributed by atoms with Crippen LogP contribution in [-0.4, -0.2) is 45.0 Å². The van der Waals surface area contributed by atoms with Crippen LogP contribution in [0.2, 0.25) is 0 Å². The van der Waals surface area contributed by atoms with E-state index >= 15 is 0 Å². The molecule has 1 rings (SSSR count). The Hall–Kier alpha value is -1.30. The Balaban J connectivity index is 3.04. The van der Waals surface area contributed by atoms with Crippen molar-refractivity contribution in [3.05, 3.63) is 0 Å². The second-order valence-corrected chi connectivity index (χ2v) is 4.38. The van der Waals surface area contributed by atoms with Gasteiger partial charge in [0.1, 0.15) is 0 Å². The molecule has 17 heavy (non-hydrogen) atoms. The van der Waals surface area contributed by atoms with Gasteiger partial charge in [-0.15, -0.1) is 0 Å². The maximum absolute atomic E-state index is 11.9. The lowest BCUT2D eigenvalue weighted by atomic mass is 10.1. The molecular weight excluding hydrogens is 238 g/mol. The minimum atomic E-state index is -0.595. The average molecular weight is 255 g/mol. The van der Waals surface area contributed by atoms with Crippen molar-refractivity contribution in [2.45, 2.75) is 39.7 Å². The molecule has 0 bridgehead atoms. The van der Waals surface area contributed by atoms with E-state index in [1.54, 1.807) is 6.92 Å². The summed E-state index contributed by atoms with van der Waals surface area (Å²) in [7, 11) is 0. The predicted octanol–water partition coefficient (Wildman–Crippen LogP) is 1.17. The molecule has 0 radical (unpaired) electrons. The molecule has 0 aliphatic carbocycles. The number of carbonyl (C=O) groups is 2. The molecule has 0 spiro atoms. The Morgan fingerprint density at radius 1 is 1.29 bits per heavy atom. The van der Waals surface area contributed by atoms with Gasteiger partial charge >= 0.3 is 0 Å². The van der Waals surface area contributed by atoms with Crippen LogP contribution < -0.4 is 0 Å². The zero-order valence-electron chi connectivity index (χ0n) is 10.3. The number of nitrogens with zero attached hydrogens (tertiary/aromatic N) is 2. The van der Waals surface area contributed by atoms with Crippen molar-refractivity contribution in [1.82, 2.24) is 9.80 Å². The maximum atomic E-state index is 11.9. The number of carbonyl (C=O) groups excluding carboxylic acids is 2. The van der Waals surface area contributed by atoms with Gasteiger partial charge in [0.05, 0.1) is 0 Å². The van der Waals surface area contributed by atoms with Gasteiger partial charge in [-0.2, -0.15) is 0 Å². The van der Waals surface area contributed by atoms with Crippen LogP contribution in [-0.2, 0) is 9.59 Å². The van der Waals surface area contributed by atoms with Gasteiger partial charge in [0.25, 0.3) is 11.8 Å². The molecule has 6 heteroatoms. The van der Waals surface area contributed by atoms with Crippen LogP contribution in [0.1, 0.15) is 33.6 Å².